The van der Waals surface area contributed by atoms with E-state index in [-0.39, 0.29) is 11.8 Å². The molecule has 0 aromatic rings. The number of allylic oxidation sites excluding steroid dienone is 9. The van der Waals surface area contributed by atoms with E-state index >= 15 is 0 Å². The van der Waals surface area contributed by atoms with Gasteiger partial charge in [0.1, 0.15) is 0 Å². The summed E-state index contributed by atoms with van der Waals surface area (Å²) in [6, 6.07) is 0. The van der Waals surface area contributed by atoms with Crippen LogP contribution in [0.2, 0.25) is 0 Å². The maximum atomic E-state index is 10.6. The van der Waals surface area contributed by atoms with Gasteiger partial charge in [-0.15, -0.1) is 0 Å². The van der Waals surface area contributed by atoms with Crippen molar-refractivity contribution in [3.8, 4) is 0 Å². The van der Waals surface area contributed by atoms with Crippen LogP contribution in [-0.4, -0.2) is 11.1 Å². The van der Waals surface area contributed by atoms with E-state index in [0.717, 1.165) is 11.1 Å². The van der Waals surface area contributed by atoms with Crippen molar-refractivity contribution < 1.29 is 12.6 Å². The smallest absolute Gasteiger partial charge is 0.328 e. The highest BCUT2D eigenvalue weighted by molar-refractivity contribution is 5.81. The SMILES string of the molecule is [2H]C1CC(C)=C(/C=C/C(C)=C\C=C\C(C)=C\C(=O)O)C(C)(C)C1[2H]. The van der Waals surface area contributed by atoms with E-state index in [9.17, 15) is 4.79 Å². The largest absolute Gasteiger partial charge is 0.478 e. The molecule has 2 atom stereocenters. The van der Waals surface area contributed by atoms with E-state index in [4.69, 9.17) is 7.85 Å². The maximum absolute atomic E-state index is 10.6. The van der Waals surface area contributed by atoms with Gasteiger partial charge in [-0.3, -0.25) is 0 Å². The van der Waals surface area contributed by atoms with E-state index in [1.54, 1.807) is 13.0 Å². The fourth-order valence-electron chi connectivity index (χ4n) is 2.50. The van der Waals surface area contributed by atoms with Crippen molar-refractivity contribution in [2.45, 2.75) is 53.8 Å². The molecule has 0 fully saturated rings. The molecule has 0 amide bonds. The molecule has 0 heterocycles. The normalized spacial score (nSPS) is 28.2. The number of carbonyl (C=O) groups is 1. The number of aliphatic carboxylic acids is 1. The Morgan fingerprint density at radius 1 is 1.27 bits per heavy atom. The Hall–Kier alpha value is -1.83. The summed E-state index contributed by atoms with van der Waals surface area (Å²) in [6.07, 6.45) is 10.6. The zero-order chi connectivity index (χ0) is 18.5. The lowest BCUT2D eigenvalue weighted by Crippen LogP contribution is -2.19. The topological polar surface area (TPSA) is 37.3 Å². The van der Waals surface area contributed by atoms with E-state index in [1.165, 1.54) is 11.6 Å². The summed E-state index contributed by atoms with van der Waals surface area (Å²) in [5.74, 6) is -0.947. The first kappa shape index (κ1) is 15.1. The van der Waals surface area contributed by atoms with Gasteiger partial charge in [-0.05, 0) is 56.5 Å². The molecule has 1 N–H and O–H groups in total. The fourth-order valence-corrected chi connectivity index (χ4v) is 2.50. The van der Waals surface area contributed by atoms with Crippen LogP contribution in [0.3, 0.4) is 0 Å². The third kappa shape index (κ3) is 5.88. The summed E-state index contributed by atoms with van der Waals surface area (Å²) in [4.78, 5) is 10.6. The van der Waals surface area contributed by atoms with Crippen LogP contribution in [0.5, 0.6) is 0 Å². The predicted octanol–water partition coefficient (Wildman–Crippen LogP) is 5.60. The summed E-state index contributed by atoms with van der Waals surface area (Å²) < 4.78 is 16.3. The minimum absolute atomic E-state index is 0.331. The van der Waals surface area contributed by atoms with Crippen molar-refractivity contribution in [3.63, 3.8) is 0 Å². The molecule has 22 heavy (non-hydrogen) atoms. The number of rotatable bonds is 5. The number of hydrogen-bond donors (Lipinski definition) is 1. The Balaban J connectivity index is 2.91. The zero-order valence-corrected chi connectivity index (χ0v) is 14.2. The van der Waals surface area contributed by atoms with Crippen LogP contribution in [0.15, 0.2) is 58.7 Å². The second-order valence-corrected chi connectivity index (χ2v) is 6.35. The minimum atomic E-state index is -0.947. The third-order valence-electron chi connectivity index (χ3n) is 3.69. The minimum Gasteiger partial charge on any atom is -0.478 e. The molecule has 0 aromatic carbocycles. The second-order valence-electron chi connectivity index (χ2n) is 6.35. The Bertz CT molecular complexity index is 634. The molecule has 1 aliphatic rings. The fraction of sp³-hybridized carbons (Fsp3) is 0.450. The molecule has 0 saturated heterocycles. The van der Waals surface area contributed by atoms with Gasteiger partial charge in [-0.2, -0.15) is 0 Å². The molecule has 0 spiro atoms. The predicted molar refractivity (Wildman–Crippen MR) is 93.8 cm³/mol. The molecule has 120 valence electrons. The van der Waals surface area contributed by atoms with Gasteiger partial charge in [0.25, 0.3) is 0 Å². The van der Waals surface area contributed by atoms with E-state index in [1.807, 2.05) is 45.9 Å². The Labute approximate surface area is 137 Å². The van der Waals surface area contributed by atoms with Crippen molar-refractivity contribution >= 4 is 5.97 Å². The number of carboxylic acids is 1. The summed E-state index contributed by atoms with van der Waals surface area (Å²) in [6.45, 7) is 9.84. The quantitative estimate of drug-likeness (QED) is 0.530. The molecule has 0 aromatic heterocycles. The van der Waals surface area contributed by atoms with Crippen LogP contribution in [0.1, 0.15) is 56.6 Å². The zero-order valence-electron chi connectivity index (χ0n) is 16.2. The van der Waals surface area contributed by atoms with Gasteiger partial charge in [0.15, 0.2) is 0 Å². The Morgan fingerprint density at radius 2 is 1.95 bits per heavy atom. The van der Waals surface area contributed by atoms with Gasteiger partial charge < -0.3 is 5.11 Å². The van der Waals surface area contributed by atoms with Crippen molar-refractivity contribution in [2.24, 2.45) is 5.41 Å². The molecular weight excluding hydrogens is 272 g/mol. The molecule has 2 nitrogen and oxygen atoms in total. The molecule has 2 heteroatoms. The van der Waals surface area contributed by atoms with Gasteiger partial charge >= 0.3 is 5.97 Å². The summed E-state index contributed by atoms with van der Waals surface area (Å²) in [5.41, 5.74) is 3.72. The van der Waals surface area contributed by atoms with Crippen LogP contribution in [-0.2, 0) is 4.79 Å². The molecule has 0 bridgehead atoms. The van der Waals surface area contributed by atoms with Crippen LogP contribution in [0, 0.1) is 5.41 Å². The first-order valence-corrected chi connectivity index (χ1v) is 7.54. The average Bonchev–Trinajstić information content (AvgIpc) is 2.44. The van der Waals surface area contributed by atoms with Crippen LogP contribution >= 0.6 is 0 Å². The van der Waals surface area contributed by atoms with Gasteiger partial charge in [0, 0.05) is 8.82 Å². The van der Waals surface area contributed by atoms with Crippen molar-refractivity contribution in [1.29, 1.82) is 0 Å². The third-order valence-corrected chi connectivity index (χ3v) is 3.69. The Kier molecular flexibility index (Phi) is 5.47. The van der Waals surface area contributed by atoms with Gasteiger partial charge in [-0.25, -0.2) is 4.79 Å². The van der Waals surface area contributed by atoms with Crippen LogP contribution in [0.4, 0.5) is 0 Å². The lowest BCUT2D eigenvalue weighted by atomic mass is 9.72. The molecule has 2 unspecified atom stereocenters. The van der Waals surface area contributed by atoms with E-state index in [0.29, 0.717) is 12.0 Å². The highest BCUT2D eigenvalue weighted by Crippen LogP contribution is 2.40. The van der Waals surface area contributed by atoms with Crippen molar-refractivity contribution in [2.75, 3.05) is 0 Å². The van der Waals surface area contributed by atoms with E-state index < -0.39 is 12.4 Å². The molecule has 1 aliphatic carbocycles. The van der Waals surface area contributed by atoms with Gasteiger partial charge in [0.2, 0.25) is 0 Å². The number of carboxylic acid groups (broad SMARTS) is 1. The van der Waals surface area contributed by atoms with Crippen LogP contribution in [0.25, 0.3) is 0 Å². The highest BCUT2D eigenvalue weighted by Gasteiger charge is 2.26. The first-order valence-electron chi connectivity index (χ1n) is 8.70. The first-order chi connectivity index (χ1) is 11.1. The molecular formula is C20H28O2. The lowest BCUT2D eigenvalue weighted by molar-refractivity contribution is -0.131. The van der Waals surface area contributed by atoms with Crippen molar-refractivity contribution in [1.82, 2.24) is 0 Å². The van der Waals surface area contributed by atoms with Gasteiger partial charge in [-0.1, -0.05) is 55.4 Å². The summed E-state index contributed by atoms with van der Waals surface area (Å²) >= 11 is 0. The van der Waals surface area contributed by atoms with Crippen LogP contribution < -0.4 is 0 Å². The molecule has 0 radical (unpaired) electrons. The lowest BCUT2D eigenvalue weighted by Gasteiger charge is -2.32. The van der Waals surface area contributed by atoms with Gasteiger partial charge in [0.05, 0.1) is 0 Å². The second kappa shape index (κ2) is 7.98. The summed E-state index contributed by atoms with van der Waals surface area (Å²) in [7, 11) is 0. The number of hydrogen-bond acceptors (Lipinski definition) is 1. The van der Waals surface area contributed by atoms with E-state index in [2.05, 4.69) is 6.08 Å². The molecule has 0 saturated carbocycles. The average molecular weight is 302 g/mol. The molecule has 1 rings (SSSR count). The monoisotopic (exact) mass is 302 g/mol. The van der Waals surface area contributed by atoms with Crippen molar-refractivity contribution in [3.05, 3.63) is 58.7 Å². The highest BCUT2D eigenvalue weighted by atomic mass is 16.4. The standard InChI is InChI=1S/C20H28O2/c1-15(8-6-9-16(2)14-19(21)22)11-12-18-17(3)10-7-13-20(18,4)5/h6,8-9,11-12,14H,7,10,13H2,1-5H3,(H,21,22)/b9-6+,12-11+,15-8-,16-14+/i7D,13D. The Morgan fingerprint density at radius 3 is 2.59 bits per heavy atom. The maximum Gasteiger partial charge on any atom is 0.328 e. The molecule has 0 aliphatic heterocycles. The summed E-state index contributed by atoms with van der Waals surface area (Å²) in [5, 5.41) is 8.66.